The number of anilines is 1. The Labute approximate surface area is 88.5 Å². The highest BCUT2D eigenvalue weighted by molar-refractivity contribution is 6.29. The van der Waals surface area contributed by atoms with Crippen LogP contribution in [0.3, 0.4) is 0 Å². The van der Waals surface area contributed by atoms with Crippen LogP contribution in [0.2, 0.25) is 5.15 Å². The summed E-state index contributed by atoms with van der Waals surface area (Å²) in [5.41, 5.74) is 0. The summed E-state index contributed by atoms with van der Waals surface area (Å²) < 4.78 is 0. The van der Waals surface area contributed by atoms with Crippen molar-refractivity contribution in [1.82, 2.24) is 14.9 Å². The Kier molecular flexibility index (Phi) is 2.56. The Hall–Kier alpha value is -0.870. The third-order valence-electron chi connectivity index (χ3n) is 2.54. The SMILES string of the molecule is CN(C)C1CN(c2cc(Cl)ncn2)C1. The van der Waals surface area contributed by atoms with E-state index in [0.717, 1.165) is 18.9 Å². The lowest BCUT2D eigenvalue weighted by Crippen LogP contribution is -2.57. The summed E-state index contributed by atoms with van der Waals surface area (Å²) in [5.74, 6) is 0.920. The second-order valence-electron chi connectivity index (χ2n) is 3.72. The zero-order valence-electron chi connectivity index (χ0n) is 8.31. The van der Waals surface area contributed by atoms with Gasteiger partial charge in [0.15, 0.2) is 0 Å². The molecule has 0 saturated carbocycles. The van der Waals surface area contributed by atoms with Crippen molar-refractivity contribution in [3.8, 4) is 0 Å². The number of likely N-dealkylation sites (N-methyl/N-ethyl adjacent to an activating group) is 1. The van der Waals surface area contributed by atoms with Gasteiger partial charge in [-0.15, -0.1) is 0 Å². The molecule has 1 aliphatic heterocycles. The van der Waals surface area contributed by atoms with E-state index in [4.69, 9.17) is 11.6 Å². The molecular weight excluding hydrogens is 200 g/mol. The molecule has 1 aromatic rings. The van der Waals surface area contributed by atoms with Gasteiger partial charge in [0.1, 0.15) is 17.3 Å². The smallest absolute Gasteiger partial charge is 0.134 e. The van der Waals surface area contributed by atoms with Crippen LogP contribution >= 0.6 is 11.6 Å². The quantitative estimate of drug-likeness (QED) is 0.682. The second-order valence-corrected chi connectivity index (χ2v) is 4.11. The van der Waals surface area contributed by atoms with Gasteiger partial charge in [0, 0.05) is 25.2 Å². The van der Waals surface area contributed by atoms with Crippen LogP contribution in [0.25, 0.3) is 0 Å². The Morgan fingerprint density at radius 3 is 2.71 bits per heavy atom. The van der Waals surface area contributed by atoms with Crippen LogP contribution in [0, 0.1) is 0 Å². The van der Waals surface area contributed by atoms with E-state index in [1.165, 1.54) is 6.33 Å². The lowest BCUT2D eigenvalue weighted by molar-refractivity contribution is 0.246. The molecule has 0 amide bonds. The zero-order valence-corrected chi connectivity index (χ0v) is 9.07. The lowest BCUT2D eigenvalue weighted by Gasteiger charge is -2.43. The first kappa shape index (κ1) is 9.68. The predicted octanol–water partition coefficient (Wildman–Crippen LogP) is 0.880. The van der Waals surface area contributed by atoms with Gasteiger partial charge in [0.2, 0.25) is 0 Å². The van der Waals surface area contributed by atoms with Crippen molar-refractivity contribution >= 4 is 17.4 Å². The molecule has 0 bridgehead atoms. The van der Waals surface area contributed by atoms with Crippen molar-refractivity contribution in [2.45, 2.75) is 6.04 Å². The van der Waals surface area contributed by atoms with Crippen molar-refractivity contribution < 1.29 is 0 Å². The van der Waals surface area contributed by atoms with Crippen LogP contribution in [0.4, 0.5) is 5.82 Å². The van der Waals surface area contributed by atoms with Gasteiger partial charge in [0.05, 0.1) is 0 Å². The van der Waals surface area contributed by atoms with Gasteiger partial charge in [-0.3, -0.25) is 0 Å². The maximum Gasteiger partial charge on any atom is 0.134 e. The molecule has 1 aromatic heterocycles. The Bertz CT molecular complexity index is 322. The molecule has 76 valence electrons. The summed E-state index contributed by atoms with van der Waals surface area (Å²) in [6.45, 7) is 2.03. The van der Waals surface area contributed by atoms with Crippen LogP contribution in [0.15, 0.2) is 12.4 Å². The number of aromatic nitrogens is 2. The van der Waals surface area contributed by atoms with Gasteiger partial charge in [-0.25, -0.2) is 9.97 Å². The molecule has 1 aliphatic rings. The van der Waals surface area contributed by atoms with Crippen LogP contribution in [0.5, 0.6) is 0 Å². The van der Waals surface area contributed by atoms with Crippen LogP contribution in [-0.4, -0.2) is 48.1 Å². The van der Waals surface area contributed by atoms with E-state index in [1.807, 2.05) is 0 Å². The third kappa shape index (κ3) is 1.81. The Morgan fingerprint density at radius 1 is 1.43 bits per heavy atom. The lowest BCUT2D eigenvalue weighted by atomic mass is 10.1. The van der Waals surface area contributed by atoms with Crippen molar-refractivity contribution in [3.05, 3.63) is 17.5 Å². The molecular formula is C9H13ClN4. The zero-order chi connectivity index (χ0) is 10.1. The largest absolute Gasteiger partial charge is 0.353 e. The topological polar surface area (TPSA) is 32.3 Å². The normalized spacial score (nSPS) is 17.3. The minimum absolute atomic E-state index is 0.503. The highest BCUT2D eigenvalue weighted by Gasteiger charge is 2.29. The maximum absolute atomic E-state index is 5.78. The first-order chi connectivity index (χ1) is 6.66. The van der Waals surface area contributed by atoms with Gasteiger partial charge >= 0.3 is 0 Å². The summed E-state index contributed by atoms with van der Waals surface area (Å²) in [6, 6.07) is 2.43. The molecule has 0 radical (unpaired) electrons. The molecule has 5 heteroatoms. The van der Waals surface area contributed by atoms with E-state index in [1.54, 1.807) is 6.07 Å². The van der Waals surface area contributed by atoms with Crippen LogP contribution < -0.4 is 4.90 Å². The molecule has 4 nitrogen and oxygen atoms in total. The highest BCUT2D eigenvalue weighted by atomic mass is 35.5. The first-order valence-corrected chi connectivity index (χ1v) is 4.93. The van der Waals surface area contributed by atoms with E-state index in [9.17, 15) is 0 Å². The minimum atomic E-state index is 0.503. The summed E-state index contributed by atoms with van der Waals surface area (Å²) >= 11 is 5.78. The second kappa shape index (κ2) is 3.71. The summed E-state index contributed by atoms with van der Waals surface area (Å²) in [4.78, 5) is 12.4. The third-order valence-corrected chi connectivity index (χ3v) is 2.74. The molecule has 0 atom stereocenters. The highest BCUT2D eigenvalue weighted by Crippen LogP contribution is 2.21. The molecule has 0 aliphatic carbocycles. The predicted molar refractivity (Wildman–Crippen MR) is 56.7 cm³/mol. The Balaban J connectivity index is 2.00. The molecule has 1 fully saturated rings. The van der Waals surface area contributed by atoms with E-state index in [-0.39, 0.29) is 0 Å². The number of halogens is 1. The fraction of sp³-hybridized carbons (Fsp3) is 0.556. The molecule has 0 unspecified atom stereocenters. The van der Waals surface area contributed by atoms with E-state index in [2.05, 4.69) is 33.9 Å². The molecule has 0 aromatic carbocycles. The summed E-state index contributed by atoms with van der Waals surface area (Å²) in [6.07, 6.45) is 1.50. The standard InChI is InChI=1S/C9H13ClN4/c1-13(2)7-4-14(5-7)9-3-8(10)11-6-12-9/h3,6-7H,4-5H2,1-2H3. The molecule has 14 heavy (non-hydrogen) atoms. The molecule has 2 rings (SSSR count). The first-order valence-electron chi connectivity index (χ1n) is 4.56. The average molecular weight is 213 g/mol. The van der Waals surface area contributed by atoms with Crippen molar-refractivity contribution in [2.24, 2.45) is 0 Å². The van der Waals surface area contributed by atoms with E-state index >= 15 is 0 Å². The minimum Gasteiger partial charge on any atom is -0.353 e. The van der Waals surface area contributed by atoms with Crippen LogP contribution in [0.1, 0.15) is 0 Å². The number of hydrogen-bond donors (Lipinski definition) is 0. The molecule has 0 spiro atoms. The number of hydrogen-bond acceptors (Lipinski definition) is 4. The van der Waals surface area contributed by atoms with E-state index in [0.29, 0.717) is 11.2 Å². The Morgan fingerprint density at radius 2 is 2.14 bits per heavy atom. The van der Waals surface area contributed by atoms with Gasteiger partial charge in [-0.1, -0.05) is 11.6 Å². The van der Waals surface area contributed by atoms with Gasteiger partial charge in [0.25, 0.3) is 0 Å². The summed E-state index contributed by atoms with van der Waals surface area (Å²) in [5, 5.41) is 0.503. The fourth-order valence-electron chi connectivity index (χ4n) is 1.47. The molecule has 0 N–H and O–H groups in total. The van der Waals surface area contributed by atoms with Crippen LogP contribution in [-0.2, 0) is 0 Å². The van der Waals surface area contributed by atoms with E-state index < -0.39 is 0 Å². The number of rotatable bonds is 2. The molecule has 2 heterocycles. The maximum atomic E-state index is 5.78. The van der Waals surface area contributed by atoms with Gasteiger partial charge in [-0.05, 0) is 14.1 Å². The van der Waals surface area contributed by atoms with Crippen molar-refractivity contribution in [1.29, 1.82) is 0 Å². The fourth-order valence-corrected chi connectivity index (χ4v) is 1.61. The number of nitrogens with zero attached hydrogens (tertiary/aromatic N) is 4. The monoisotopic (exact) mass is 212 g/mol. The average Bonchev–Trinajstić information content (AvgIpc) is 2.00. The summed E-state index contributed by atoms with van der Waals surface area (Å²) in [7, 11) is 4.18. The van der Waals surface area contributed by atoms with Crippen molar-refractivity contribution in [3.63, 3.8) is 0 Å². The van der Waals surface area contributed by atoms with Crippen molar-refractivity contribution in [2.75, 3.05) is 32.1 Å². The van der Waals surface area contributed by atoms with Gasteiger partial charge in [-0.2, -0.15) is 0 Å². The van der Waals surface area contributed by atoms with Gasteiger partial charge < -0.3 is 9.80 Å². The molecule has 1 saturated heterocycles.